The minimum atomic E-state index is -0.420. The van der Waals surface area contributed by atoms with Gasteiger partial charge >= 0.3 is 6.09 Å². The molecule has 0 heterocycles. The van der Waals surface area contributed by atoms with E-state index < -0.39 is 6.09 Å². The molecule has 0 aliphatic rings. The van der Waals surface area contributed by atoms with Crippen LogP contribution in [0.2, 0.25) is 0 Å². The zero-order valence-corrected chi connectivity index (χ0v) is 14.8. The predicted octanol–water partition coefficient (Wildman–Crippen LogP) is 3.42. The highest BCUT2D eigenvalue weighted by Crippen LogP contribution is 2.13. The van der Waals surface area contributed by atoms with E-state index in [0.717, 1.165) is 31.2 Å². The van der Waals surface area contributed by atoms with Crippen molar-refractivity contribution in [2.75, 3.05) is 6.54 Å². The van der Waals surface area contributed by atoms with Crippen LogP contribution in [0.5, 0.6) is 0 Å². The SMILES string of the molecule is CCC(CC)C(=O)[C@@H](N)CCCCNC(=O)OCc1ccccc1. The average molecular weight is 334 g/mol. The summed E-state index contributed by atoms with van der Waals surface area (Å²) in [7, 11) is 0. The van der Waals surface area contributed by atoms with Gasteiger partial charge in [-0.25, -0.2) is 4.79 Å². The molecule has 0 fully saturated rings. The normalized spacial score (nSPS) is 12.0. The van der Waals surface area contributed by atoms with Crippen LogP contribution in [0.25, 0.3) is 0 Å². The molecule has 0 saturated carbocycles. The highest BCUT2D eigenvalue weighted by atomic mass is 16.5. The standard InChI is InChI=1S/C19H30N2O3/c1-3-16(4-2)18(22)17(20)12-8-9-13-21-19(23)24-14-15-10-6-5-7-11-15/h5-7,10-11,16-17H,3-4,8-9,12-14,20H2,1-2H3,(H,21,23)/t17-/m0/s1. The molecule has 0 aliphatic heterocycles. The van der Waals surface area contributed by atoms with E-state index in [1.807, 2.05) is 44.2 Å². The highest BCUT2D eigenvalue weighted by Gasteiger charge is 2.20. The Hall–Kier alpha value is -1.88. The maximum absolute atomic E-state index is 12.1. The van der Waals surface area contributed by atoms with Gasteiger partial charge in [-0.15, -0.1) is 0 Å². The molecule has 1 aromatic rings. The number of nitrogens with two attached hydrogens (primary N) is 1. The van der Waals surface area contributed by atoms with Crippen LogP contribution in [-0.4, -0.2) is 24.5 Å². The van der Waals surface area contributed by atoms with Crippen LogP contribution in [0.15, 0.2) is 30.3 Å². The molecule has 1 amide bonds. The van der Waals surface area contributed by atoms with Crippen molar-refractivity contribution in [3.8, 4) is 0 Å². The van der Waals surface area contributed by atoms with E-state index >= 15 is 0 Å². The van der Waals surface area contributed by atoms with Crippen LogP contribution in [0.1, 0.15) is 51.5 Å². The number of Topliss-reactive ketones (excluding diaryl/α,β-unsaturated/α-hetero) is 1. The van der Waals surface area contributed by atoms with Crippen LogP contribution >= 0.6 is 0 Å². The van der Waals surface area contributed by atoms with E-state index in [0.29, 0.717) is 13.0 Å². The van der Waals surface area contributed by atoms with Gasteiger partial charge in [-0.1, -0.05) is 44.2 Å². The Morgan fingerprint density at radius 3 is 2.42 bits per heavy atom. The van der Waals surface area contributed by atoms with Gasteiger partial charge in [-0.05, 0) is 37.7 Å². The number of amides is 1. The molecule has 1 aromatic carbocycles. The van der Waals surface area contributed by atoms with Crippen LogP contribution < -0.4 is 11.1 Å². The second-order valence-electron chi connectivity index (χ2n) is 6.01. The number of alkyl carbamates (subject to hydrolysis) is 1. The zero-order valence-electron chi connectivity index (χ0n) is 14.8. The molecule has 1 atom stereocenters. The van der Waals surface area contributed by atoms with Crippen LogP contribution in [0.4, 0.5) is 4.79 Å². The molecular formula is C19H30N2O3. The van der Waals surface area contributed by atoms with Crippen molar-refractivity contribution >= 4 is 11.9 Å². The van der Waals surface area contributed by atoms with Gasteiger partial charge in [0.25, 0.3) is 0 Å². The minimum Gasteiger partial charge on any atom is -0.445 e. The first-order valence-electron chi connectivity index (χ1n) is 8.82. The van der Waals surface area contributed by atoms with Crippen LogP contribution in [0.3, 0.4) is 0 Å². The van der Waals surface area contributed by atoms with E-state index in [9.17, 15) is 9.59 Å². The number of ether oxygens (including phenoxy) is 1. The van der Waals surface area contributed by atoms with Gasteiger partial charge in [0, 0.05) is 12.5 Å². The molecule has 24 heavy (non-hydrogen) atoms. The topological polar surface area (TPSA) is 81.4 Å². The van der Waals surface area contributed by atoms with Crippen molar-refractivity contribution in [2.45, 2.75) is 58.6 Å². The molecular weight excluding hydrogens is 304 g/mol. The Kier molecular flexibility index (Phi) is 9.77. The molecule has 5 heteroatoms. The summed E-state index contributed by atoms with van der Waals surface area (Å²) in [4.78, 5) is 23.7. The Bertz CT molecular complexity index is 487. The lowest BCUT2D eigenvalue weighted by Crippen LogP contribution is -2.35. The van der Waals surface area contributed by atoms with Gasteiger partial charge in [0.15, 0.2) is 5.78 Å². The van der Waals surface area contributed by atoms with Gasteiger partial charge < -0.3 is 15.8 Å². The Balaban J connectivity index is 2.10. The second-order valence-corrected chi connectivity index (χ2v) is 6.01. The fraction of sp³-hybridized carbons (Fsp3) is 0.579. The summed E-state index contributed by atoms with van der Waals surface area (Å²) in [6.45, 7) is 4.83. The summed E-state index contributed by atoms with van der Waals surface area (Å²) in [6, 6.07) is 9.16. The zero-order chi connectivity index (χ0) is 17.8. The summed E-state index contributed by atoms with van der Waals surface area (Å²) < 4.78 is 5.13. The quantitative estimate of drug-likeness (QED) is 0.608. The van der Waals surface area contributed by atoms with Crippen molar-refractivity contribution in [3.05, 3.63) is 35.9 Å². The third-order valence-corrected chi connectivity index (χ3v) is 4.18. The van der Waals surface area contributed by atoms with Crippen molar-refractivity contribution in [1.82, 2.24) is 5.32 Å². The molecule has 5 nitrogen and oxygen atoms in total. The van der Waals surface area contributed by atoms with E-state index in [4.69, 9.17) is 10.5 Å². The molecule has 0 bridgehead atoms. The van der Waals surface area contributed by atoms with Gasteiger partial charge in [0.1, 0.15) is 6.61 Å². The summed E-state index contributed by atoms with van der Waals surface area (Å²) >= 11 is 0. The summed E-state index contributed by atoms with van der Waals surface area (Å²) in [5, 5.41) is 2.71. The number of hydrogen-bond acceptors (Lipinski definition) is 4. The van der Waals surface area contributed by atoms with E-state index in [2.05, 4.69) is 5.32 Å². The lowest BCUT2D eigenvalue weighted by atomic mass is 9.91. The summed E-state index contributed by atoms with van der Waals surface area (Å²) in [5.74, 6) is 0.237. The first kappa shape index (κ1) is 20.2. The number of carbonyl (C=O) groups excluding carboxylic acids is 2. The first-order valence-corrected chi connectivity index (χ1v) is 8.82. The fourth-order valence-electron chi connectivity index (χ4n) is 2.59. The number of benzene rings is 1. The monoisotopic (exact) mass is 334 g/mol. The number of ketones is 1. The van der Waals surface area contributed by atoms with Gasteiger partial charge in [0.2, 0.25) is 0 Å². The Labute approximate surface area is 145 Å². The lowest BCUT2D eigenvalue weighted by Gasteiger charge is -2.17. The van der Waals surface area contributed by atoms with E-state index in [1.54, 1.807) is 0 Å². The highest BCUT2D eigenvalue weighted by molar-refractivity contribution is 5.85. The average Bonchev–Trinajstić information content (AvgIpc) is 2.61. The van der Waals surface area contributed by atoms with Gasteiger partial charge in [0.05, 0.1) is 6.04 Å². The number of carbonyl (C=O) groups is 2. The summed E-state index contributed by atoms with van der Waals surface area (Å²) in [5.41, 5.74) is 6.92. The molecule has 0 aliphatic carbocycles. The van der Waals surface area contributed by atoms with Crippen LogP contribution in [0, 0.1) is 5.92 Å². The largest absolute Gasteiger partial charge is 0.445 e. The van der Waals surface area contributed by atoms with Gasteiger partial charge in [-0.3, -0.25) is 4.79 Å². The molecule has 0 aromatic heterocycles. The maximum Gasteiger partial charge on any atom is 0.407 e. The maximum atomic E-state index is 12.1. The lowest BCUT2D eigenvalue weighted by molar-refractivity contribution is -0.124. The molecule has 3 N–H and O–H groups in total. The smallest absolute Gasteiger partial charge is 0.407 e. The molecule has 0 spiro atoms. The van der Waals surface area contributed by atoms with E-state index in [1.165, 1.54) is 0 Å². The number of unbranched alkanes of at least 4 members (excludes halogenated alkanes) is 1. The van der Waals surface area contributed by atoms with Crippen LogP contribution in [-0.2, 0) is 16.1 Å². The Morgan fingerprint density at radius 2 is 1.79 bits per heavy atom. The third kappa shape index (κ3) is 7.59. The van der Waals surface area contributed by atoms with Crippen molar-refractivity contribution < 1.29 is 14.3 Å². The fourth-order valence-corrected chi connectivity index (χ4v) is 2.59. The molecule has 0 unspecified atom stereocenters. The third-order valence-electron chi connectivity index (χ3n) is 4.18. The van der Waals surface area contributed by atoms with Crippen molar-refractivity contribution in [3.63, 3.8) is 0 Å². The number of rotatable bonds is 11. The number of nitrogens with one attached hydrogen (secondary N) is 1. The second kappa shape index (κ2) is 11.6. The molecule has 0 saturated heterocycles. The summed E-state index contributed by atoms with van der Waals surface area (Å²) in [6.07, 6.45) is 3.53. The van der Waals surface area contributed by atoms with Gasteiger partial charge in [-0.2, -0.15) is 0 Å². The number of hydrogen-bond donors (Lipinski definition) is 2. The Morgan fingerprint density at radius 1 is 1.12 bits per heavy atom. The molecule has 134 valence electrons. The van der Waals surface area contributed by atoms with Crippen molar-refractivity contribution in [2.24, 2.45) is 11.7 Å². The predicted molar refractivity (Wildman–Crippen MR) is 95.5 cm³/mol. The first-order chi connectivity index (χ1) is 11.6. The van der Waals surface area contributed by atoms with E-state index in [-0.39, 0.29) is 24.3 Å². The van der Waals surface area contributed by atoms with Crippen molar-refractivity contribution in [1.29, 1.82) is 0 Å². The molecule has 0 radical (unpaired) electrons. The molecule has 1 rings (SSSR count). The minimum absolute atomic E-state index is 0.0751.